The predicted octanol–water partition coefficient (Wildman–Crippen LogP) is 2.58. The lowest BCUT2D eigenvalue weighted by Crippen LogP contribution is -2.34. The summed E-state index contributed by atoms with van der Waals surface area (Å²) in [5.41, 5.74) is 2.22. The molecule has 0 aromatic carbocycles. The van der Waals surface area contributed by atoms with Crippen molar-refractivity contribution in [2.24, 2.45) is 0 Å². The van der Waals surface area contributed by atoms with Gasteiger partial charge in [0.15, 0.2) is 0 Å². The van der Waals surface area contributed by atoms with E-state index in [9.17, 15) is 0 Å². The van der Waals surface area contributed by atoms with E-state index in [1.807, 2.05) is 6.08 Å². The van der Waals surface area contributed by atoms with Gasteiger partial charge < -0.3 is 5.11 Å². The molecule has 0 bridgehead atoms. The Morgan fingerprint density at radius 1 is 1.27 bits per heavy atom. The molecule has 11 heavy (non-hydrogen) atoms. The molecule has 0 radical (unpaired) electrons. The fourth-order valence-corrected chi connectivity index (χ4v) is 1.79. The molecule has 0 saturated heterocycles. The third kappa shape index (κ3) is 3.21. The quantitative estimate of drug-likeness (QED) is 0.635. The molecule has 0 saturated carbocycles. The van der Waals surface area contributed by atoms with E-state index in [-0.39, 0.29) is 6.61 Å². The van der Waals surface area contributed by atoms with Gasteiger partial charge in [0.1, 0.15) is 0 Å². The maximum absolute atomic E-state index is 8.63. The Bertz CT molecular complexity index is 142. The zero-order valence-corrected chi connectivity index (χ0v) is 9.31. The lowest BCUT2D eigenvalue weighted by atomic mass is 10.2. The molecule has 1 N–H and O–H groups in total. The van der Waals surface area contributed by atoms with Crippen molar-refractivity contribution < 1.29 is 5.11 Å². The highest BCUT2D eigenvalue weighted by atomic mass is 28.3. The van der Waals surface area contributed by atoms with Crippen molar-refractivity contribution in [3.63, 3.8) is 0 Å². The van der Waals surface area contributed by atoms with Gasteiger partial charge in [0.25, 0.3) is 0 Å². The minimum absolute atomic E-state index is 0.173. The molecule has 0 fully saturated rings. The third-order valence-electron chi connectivity index (χ3n) is 2.57. The number of hydrogen-bond donors (Lipinski definition) is 1. The van der Waals surface area contributed by atoms with Crippen LogP contribution in [0.3, 0.4) is 0 Å². The average molecular weight is 172 g/mol. The lowest BCUT2D eigenvalue weighted by molar-refractivity contribution is 0.343. The minimum atomic E-state index is -1.27. The fraction of sp³-hybridized carbons (Fsp3) is 0.778. The number of aliphatic hydroxyl groups is 1. The van der Waals surface area contributed by atoms with Crippen LogP contribution in [0.15, 0.2) is 11.8 Å². The first-order valence-electron chi connectivity index (χ1n) is 4.10. The van der Waals surface area contributed by atoms with E-state index >= 15 is 0 Å². The van der Waals surface area contributed by atoms with Gasteiger partial charge in [-0.3, -0.25) is 0 Å². The van der Waals surface area contributed by atoms with E-state index in [2.05, 4.69) is 39.6 Å². The third-order valence-corrected chi connectivity index (χ3v) is 7.51. The summed E-state index contributed by atoms with van der Waals surface area (Å²) in [6.45, 7) is 11.6. The Kier molecular flexibility index (Phi) is 3.52. The van der Waals surface area contributed by atoms with Crippen LogP contribution in [-0.4, -0.2) is 19.8 Å². The van der Waals surface area contributed by atoms with Crippen molar-refractivity contribution in [3.8, 4) is 0 Å². The van der Waals surface area contributed by atoms with Crippen molar-refractivity contribution >= 4 is 8.07 Å². The largest absolute Gasteiger partial charge is 0.392 e. The smallest absolute Gasteiger partial charge is 0.0767 e. The molecule has 1 nitrogen and oxygen atoms in total. The van der Waals surface area contributed by atoms with Crippen LogP contribution in [0.2, 0.25) is 18.1 Å². The molecule has 0 atom stereocenters. The first kappa shape index (κ1) is 10.9. The van der Waals surface area contributed by atoms with Gasteiger partial charge >= 0.3 is 0 Å². The van der Waals surface area contributed by atoms with E-state index in [0.717, 1.165) is 0 Å². The zero-order valence-electron chi connectivity index (χ0n) is 8.31. The Labute approximate surface area is 71.1 Å². The number of aliphatic hydroxyl groups excluding tert-OH is 1. The molecule has 0 aromatic heterocycles. The predicted molar refractivity (Wildman–Crippen MR) is 53.4 cm³/mol. The zero-order chi connectivity index (χ0) is 9.12. The summed E-state index contributed by atoms with van der Waals surface area (Å²) in [6, 6.07) is 0. The normalized spacial score (nSPS) is 14.4. The number of hydrogen-bond acceptors (Lipinski definition) is 1. The second kappa shape index (κ2) is 3.54. The van der Waals surface area contributed by atoms with Gasteiger partial charge in [0, 0.05) is 0 Å². The summed E-state index contributed by atoms with van der Waals surface area (Å²) < 4.78 is 0. The fourth-order valence-electron chi connectivity index (χ4n) is 0.597. The van der Waals surface area contributed by atoms with Gasteiger partial charge in [-0.15, -0.1) is 0 Å². The molecule has 2 heteroatoms. The molecule has 0 aliphatic carbocycles. The van der Waals surface area contributed by atoms with E-state index < -0.39 is 8.07 Å². The lowest BCUT2D eigenvalue weighted by Gasteiger charge is -2.34. The summed E-state index contributed by atoms with van der Waals surface area (Å²) >= 11 is 0. The molecule has 0 unspecified atom stereocenters. The second-order valence-electron chi connectivity index (χ2n) is 4.56. The molecule has 66 valence electrons. The topological polar surface area (TPSA) is 20.2 Å². The average Bonchev–Trinajstić information content (AvgIpc) is 1.81. The minimum Gasteiger partial charge on any atom is -0.392 e. The van der Waals surface area contributed by atoms with Crippen LogP contribution in [0.5, 0.6) is 0 Å². The Hall–Kier alpha value is -0.0831. The first-order valence-corrected chi connectivity index (χ1v) is 7.17. The van der Waals surface area contributed by atoms with Crippen molar-refractivity contribution in [1.29, 1.82) is 0 Å². The first-order chi connectivity index (χ1) is 4.81. The van der Waals surface area contributed by atoms with Crippen LogP contribution in [-0.2, 0) is 0 Å². The van der Waals surface area contributed by atoms with Gasteiger partial charge in [-0.2, -0.15) is 0 Å². The van der Waals surface area contributed by atoms with Gasteiger partial charge in [-0.25, -0.2) is 0 Å². The van der Waals surface area contributed by atoms with Crippen molar-refractivity contribution in [1.82, 2.24) is 0 Å². The van der Waals surface area contributed by atoms with Gasteiger partial charge in [0.2, 0.25) is 0 Å². The standard InChI is InChI=1S/C9H20OSi/c1-9(2,3)11(4,5)8-6-7-10/h6,8,10H,7H2,1-5H3/b8-6-. The highest BCUT2D eigenvalue weighted by Gasteiger charge is 2.31. The molecule has 0 rings (SSSR count). The van der Waals surface area contributed by atoms with Crippen molar-refractivity contribution in [3.05, 3.63) is 11.8 Å². The highest BCUT2D eigenvalue weighted by Crippen LogP contribution is 2.36. The van der Waals surface area contributed by atoms with Crippen LogP contribution in [0, 0.1) is 0 Å². The van der Waals surface area contributed by atoms with Gasteiger partial charge in [-0.1, -0.05) is 45.6 Å². The van der Waals surface area contributed by atoms with E-state index in [0.29, 0.717) is 5.04 Å². The molecule has 0 spiro atoms. The van der Waals surface area contributed by atoms with E-state index in [4.69, 9.17) is 5.11 Å². The van der Waals surface area contributed by atoms with Crippen LogP contribution in [0.1, 0.15) is 20.8 Å². The molecular weight excluding hydrogens is 152 g/mol. The Morgan fingerprint density at radius 2 is 1.73 bits per heavy atom. The second-order valence-corrected chi connectivity index (χ2v) is 9.83. The molecular formula is C9H20OSi. The summed E-state index contributed by atoms with van der Waals surface area (Å²) in [4.78, 5) is 0. The molecule has 0 aliphatic heterocycles. The van der Waals surface area contributed by atoms with E-state index in [1.54, 1.807) is 0 Å². The van der Waals surface area contributed by atoms with Crippen LogP contribution >= 0.6 is 0 Å². The maximum Gasteiger partial charge on any atom is 0.0767 e. The molecule has 0 heterocycles. The van der Waals surface area contributed by atoms with Crippen LogP contribution < -0.4 is 0 Å². The molecule has 0 amide bonds. The van der Waals surface area contributed by atoms with Crippen molar-refractivity contribution in [2.75, 3.05) is 6.61 Å². The van der Waals surface area contributed by atoms with Gasteiger partial charge in [0.05, 0.1) is 14.7 Å². The van der Waals surface area contributed by atoms with E-state index in [1.165, 1.54) is 0 Å². The van der Waals surface area contributed by atoms with Crippen molar-refractivity contribution in [2.45, 2.75) is 38.9 Å². The summed E-state index contributed by atoms with van der Waals surface area (Å²) in [5, 5.41) is 9.02. The summed E-state index contributed by atoms with van der Waals surface area (Å²) in [6.07, 6.45) is 1.87. The van der Waals surface area contributed by atoms with Gasteiger partial charge in [-0.05, 0) is 5.04 Å². The maximum atomic E-state index is 8.63. The summed E-state index contributed by atoms with van der Waals surface area (Å²) in [7, 11) is -1.27. The number of rotatable bonds is 2. The summed E-state index contributed by atoms with van der Waals surface area (Å²) in [5.74, 6) is 0. The molecule has 0 aliphatic rings. The SMILES string of the molecule is CC(C)(C)[Si](C)(C)/C=C\CO. The van der Waals surface area contributed by atoms with Crippen LogP contribution in [0.4, 0.5) is 0 Å². The Morgan fingerprint density at radius 3 is 2.00 bits per heavy atom. The highest BCUT2D eigenvalue weighted by molar-refractivity contribution is 6.84. The Balaban J connectivity index is 4.34. The van der Waals surface area contributed by atoms with Crippen LogP contribution in [0.25, 0.3) is 0 Å². The molecule has 0 aromatic rings. The monoisotopic (exact) mass is 172 g/mol.